The lowest BCUT2D eigenvalue weighted by Crippen LogP contribution is -2.23. The number of hydrogen-bond donors (Lipinski definition) is 1. The molecule has 1 saturated heterocycles. The third-order valence-corrected chi connectivity index (χ3v) is 3.43. The standard InChI is InChI=1S/C16H15N3O2/c20-15-5-2-10-19(15)14-4-1-3-13(11-14)18-16(21)12-6-8-17-9-7-12/h1,3-4,6-9,11H,2,5,10H2,(H,18,21). The van der Waals surface area contributed by atoms with E-state index in [1.807, 2.05) is 24.3 Å². The fraction of sp³-hybridized carbons (Fsp3) is 0.188. The zero-order valence-electron chi connectivity index (χ0n) is 11.5. The summed E-state index contributed by atoms with van der Waals surface area (Å²) in [6.45, 7) is 0.737. The Morgan fingerprint density at radius 3 is 2.71 bits per heavy atom. The largest absolute Gasteiger partial charge is 0.322 e. The van der Waals surface area contributed by atoms with Gasteiger partial charge in [-0.25, -0.2) is 0 Å². The van der Waals surface area contributed by atoms with Crippen molar-refractivity contribution < 1.29 is 9.59 Å². The molecule has 2 amide bonds. The molecule has 0 unspecified atom stereocenters. The van der Waals surface area contributed by atoms with Crippen molar-refractivity contribution in [2.45, 2.75) is 12.8 Å². The van der Waals surface area contributed by atoms with Crippen molar-refractivity contribution in [2.75, 3.05) is 16.8 Å². The highest BCUT2D eigenvalue weighted by Crippen LogP contribution is 2.24. The van der Waals surface area contributed by atoms with Gasteiger partial charge in [0.1, 0.15) is 0 Å². The molecule has 5 heteroatoms. The molecule has 0 spiro atoms. The summed E-state index contributed by atoms with van der Waals surface area (Å²) in [6.07, 6.45) is 4.63. The maximum atomic E-state index is 12.1. The molecule has 5 nitrogen and oxygen atoms in total. The molecule has 2 heterocycles. The fourth-order valence-electron chi connectivity index (χ4n) is 2.38. The average Bonchev–Trinajstić information content (AvgIpc) is 2.94. The van der Waals surface area contributed by atoms with Crippen LogP contribution in [-0.4, -0.2) is 23.3 Å². The minimum absolute atomic E-state index is 0.132. The van der Waals surface area contributed by atoms with Gasteiger partial charge in [0.15, 0.2) is 0 Å². The van der Waals surface area contributed by atoms with E-state index in [-0.39, 0.29) is 11.8 Å². The summed E-state index contributed by atoms with van der Waals surface area (Å²) in [5.41, 5.74) is 2.05. The third-order valence-electron chi connectivity index (χ3n) is 3.43. The van der Waals surface area contributed by atoms with Crippen LogP contribution in [0.2, 0.25) is 0 Å². The molecule has 0 bridgehead atoms. The van der Waals surface area contributed by atoms with Gasteiger partial charge in [-0.15, -0.1) is 0 Å². The van der Waals surface area contributed by atoms with Crippen molar-refractivity contribution in [1.29, 1.82) is 0 Å². The van der Waals surface area contributed by atoms with Crippen molar-refractivity contribution in [3.8, 4) is 0 Å². The molecule has 2 aromatic rings. The number of amides is 2. The number of carbonyl (C=O) groups excluding carboxylic acids is 2. The van der Waals surface area contributed by atoms with E-state index in [1.165, 1.54) is 0 Å². The van der Waals surface area contributed by atoms with E-state index in [1.54, 1.807) is 29.4 Å². The van der Waals surface area contributed by atoms with Crippen LogP contribution in [0.3, 0.4) is 0 Å². The Bertz CT molecular complexity index is 670. The molecule has 3 rings (SSSR count). The van der Waals surface area contributed by atoms with E-state index in [0.717, 1.165) is 18.7 Å². The number of aromatic nitrogens is 1. The lowest BCUT2D eigenvalue weighted by atomic mass is 10.2. The van der Waals surface area contributed by atoms with Gasteiger partial charge in [0.2, 0.25) is 5.91 Å². The first-order valence-corrected chi connectivity index (χ1v) is 6.86. The first-order valence-electron chi connectivity index (χ1n) is 6.86. The van der Waals surface area contributed by atoms with Crippen molar-refractivity contribution in [3.63, 3.8) is 0 Å². The Kier molecular flexibility index (Phi) is 3.64. The van der Waals surface area contributed by atoms with Crippen LogP contribution in [0.4, 0.5) is 11.4 Å². The number of carbonyl (C=O) groups is 2. The normalized spacial score (nSPS) is 14.3. The van der Waals surface area contributed by atoms with Crippen LogP contribution < -0.4 is 10.2 Å². The zero-order valence-corrected chi connectivity index (χ0v) is 11.5. The SMILES string of the molecule is O=C(Nc1cccc(N2CCCC2=O)c1)c1ccncc1. The number of rotatable bonds is 3. The summed E-state index contributed by atoms with van der Waals surface area (Å²) >= 11 is 0. The molecule has 1 aliphatic rings. The Labute approximate surface area is 122 Å². The molecular formula is C16H15N3O2. The van der Waals surface area contributed by atoms with Crippen molar-refractivity contribution in [3.05, 3.63) is 54.4 Å². The fourth-order valence-corrected chi connectivity index (χ4v) is 2.38. The second-order valence-corrected chi connectivity index (χ2v) is 4.89. The summed E-state index contributed by atoms with van der Waals surface area (Å²) in [7, 11) is 0. The highest BCUT2D eigenvalue weighted by Gasteiger charge is 2.21. The van der Waals surface area contributed by atoms with E-state index in [9.17, 15) is 9.59 Å². The van der Waals surface area contributed by atoms with Gasteiger partial charge in [-0.05, 0) is 36.8 Å². The van der Waals surface area contributed by atoms with Crippen molar-refractivity contribution in [2.24, 2.45) is 0 Å². The van der Waals surface area contributed by atoms with E-state index < -0.39 is 0 Å². The van der Waals surface area contributed by atoms with Gasteiger partial charge in [0, 0.05) is 42.3 Å². The Balaban J connectivity index is 1.77. The summed E-state index contributed by atoms with van der Waals surface area (Å²) in [4.78, 5) is 29.5. The molecule has 1 aromatic heterocycles. The van der Waals surface area contributed by atoms with Crippen LogP contribution in [0, 0.1) is 0 Å². The Morgan fingerprint density at radius 1 is 1.19 bits per heavy atom. The topological polar surface area (TPSA) is 62.3 Å². The second-order valence-electron chi connectivity index (χ2n) is 4.89. The van der Waals surface area contributed by atoms with Crippen LogP contribution in [-0.2, 0) is 4.79 Å². The molecule has 0 saturated carbocycles. The lowest BCUT2D eigenvalue weighted by Gasteiger charge is -2.16. The number of pyridine rings is 1. The van der Waals surface area contributed by atoms with Crippen LogP contribution in [0.5, 0.6) is 0 Å². The number of hydrogen-bond acceptors (Lipinski definition) is 3. The number of anilines is 2. The summed E-state index contributed by atoms with van der Waals surface area (Å²) < 4.78 is 0. The molecule has 106 valence electrons. The summed E-state index contributed by atoms with van der Waals surface area (Å²) in [6, 6.07) is 10.7. The van der Waals surface area contributed by atoms with Crippen molar-refractivity contribution in [1.82, 2.24) is 4.98 Å². The molecule has 0 atom stereocenters. The van der Waals surface area contributed by atoms with Gasteiger partial charge < -0.3 is 10.2 Å². The predicted octanol–water partition coefficient (Wildman–Crippen LogP) is 2.46. The highest BCUT2D eigenvalue weighted by molar-refractivity contribution is 6.04. The molecule has 1 aromatic carbocycles. The van der Waals surface area contributed by atoms with E-state index >= 15 is 0 Å². The monoisotopic (exact) mass is 281 g/mol. The van der Waals surface area contributed by atoms with Gasteiger partial charge in [-0.2, -0.15) is 0 Å². The average molecular weight is 281 g/mol. The van der Waals surface area contributed by atoms with E-state index in [2.05, 4.69) is 10.3 Å². The minimum Gasteiger partial charge on any atom is -0.322 e. The number of nitrogens with one attached hydrogen (secondary N) is 1. The number of nitrogens with zero attached hydrogens (tertiary/aromatic N) is 2. The van der Waals surface area contributed by atoms with Gasteiger partial charge in [0.05, 0.1) is 0 Å². The molecule has 0 radical (unpaired) electrons. The Hall–Kier alpha value is -2.69. The molecular weight excluding hydrogens is 266 g/mol. The summed E-state index contributed by atoms with van der Waals surface area (Å²) in [5, 5.41) is 2.83. The van der Waals surface area contributed by atoms with Gasteiger partial charge in [-0.1, -0.05) is 6.07 Å². The maximum absolute atomic E-state index is 12.1. The highest BCUT2D eigenvalue weighted by atomic mass is 16.2. The minimum atomic E-state index is -0.192. The zero-order chi connectivity index (χ0) is 14.7. The predicted molar refractivity (Wildman–Crippen MR) is 80.2 cm³/mol. The van der Waals surface area contributed by atoms with Gasteiger partial charge in [-0.3, -0.25) is 14.6 Å². The first kappa shape index (κ1) is 13.3. The van der Waals surface area contributed by atoms with Crippen LogP contribution >= 0.6 is 0 Å². The van der Waals surface area contributed by atoms with E-state index in [0.29, 0.717) is 17.7 Å². The summed E-state index contributed by atoms with van der Waals surface area (Å²) in [5.74, 6) is -0.0603. The lowest BCUT2D eigenvalue weighted by molar-refractivity contribution is -0.117. The smallest absolute Gasteiger partial charge is 0.255 e. The number of benzene rings is 1. The van der Waals surface area contributed by atoms with Crippen molar-refractivity contribution >= 4 is 23.2 Å². The molecule has 21 heavy (non-hydrogen) atoms. The molecule has 1 aliphatic heterocycles. The van der Waals surface area contributed by atoms with Gasteiger partial charge >= 0.3 is 0 Å². The molecule has 1 N–H and O–H groups in total. The molecule has 0 aliphatic carbocycles. The van der Waals surface area contributed by atoms with Crippen LogP contribution in [0.15, 0.2) is 48.8 Å². The quantitative estimate of drug-likeness (QED) is 0.940. The van der Waals surface area contributed by atoms with Gasteiger partial charge in [0.25, 0.3) is 5.91 Å². The molecule has 1 fully saturated rings. The van der Waals surface area contributed by atoms with Crippen LogP contribution in [0.1, 0.15) is 23.2 Å². The second kappa shape index (κ2) is 5.75. The van der Waals surface area contributed by atoms with E-state index in [4.69, 9.17) is 0 Å². The maximum Gasteiger partial charge on any atom is 0.255 e. The first-order chi connectivity index (χ1) is 10.2. The third kappa shape index (κ3) is 2.91. The Morgan fingerprint density at radius 2 is 2.00 bits per heavy atom. The van der Waals surface area contributed by atoms with Crippen LogP contribution in [0.25, 0.3) is 0 Å².